The van der Waals surface area contributed by atoms with E-state index in [1.807, 2.05) is 0 Å². The molecule has 0 radical (unpaired) electrons. The molecule has 3 aliphatic rings. The van der Waals surface area contributed by atoms with E-state index in [1.165, 1.54) is 64.5 Å². The van der Waals surface area contributed by atoms with Crippen LogP contribution in [0.2, 0.25) is 0 Å². The summed E-state index contributed by atoms with van der Waals surface area (Å²) in [6.07, 6.45) is 11.1. The van der Waals surface area contributed by atoms with E-state index in [1.54, 1.807) is 0 Å². The van der Waals surface area contributed by atoms with E-state index in [0.717, 1.165) is 39.4 Å². The molecule has 2 saturated heterocycles. The van der Waals surface area contributed by atoms with E-state index in [4.69, 9.17) is 4.74 Å². The highest BCUT2D eigenvalue weighted by molar-refractivity contribution is 4.89. The average Bonchev–Trinajstić information content (AvgIpc) is 2.74. The Hall–Kier alpha value is -0.160. The number of likely N-dealkylation sites (tertiary alicyclic amines) is 1. The summed E-state index contributed by atoms with van der Waals surface area (Å²) in [6.45, 7) is 7.67. The SMILES string of the molecule is OC(CN1CCOCC1)CN1CCCC2(CCCCCC2)C1. The number of aliphatic hydroxyl groups excluding tert-OH is 1. The molecular weight excluding hydrogens is 276 g/mol. The lowest BCUT2D eigenvalue weighted by Gasteiger charge is -2.43. The first-order chi connectivity index (χ1) is 10.8. The zero-order valence-corrected chi connectivity index (χ0v) is 14.1. The van der Waals surface area contributed by atoms with Gasteiger partial charge in [-0.2, -0.15) is 0 Å². The van der Waals surface area contributed by atoms with Crippen LogP contribution in [-0.4, -0.2) is 73.5 Å². The molecule has 0 aromatic carbocycles. The van der Waals surface area contributed by atoms with Crippen LogP contribution in [0.5, 0.6) is 0 Å². The number of nitrogens with zero attached hydrogens (tertiary/aromatic N) is 2. The van der Waals surface area contributed by atoms with Gasteiger partial charge in [0.15, 0.2) is 0 Å². The molecular formula is C18H34N2O2. The monoisotopic (exact) mass is 310 g/mol. The topological polar surface area (TPSA) is 35.9 Å². The third kappa shape index (κ3) is 4.67. The zero-order valence-electron chi connectivity index (χ0n) is 14.1. The van der Waals surface area contributed by atoms with E-state index in [2.05, 4.69) is 9.80 Å². The average molecular weight is 310 g/mol. The molecule has 128 valence electrons. The quantitative estimate of drug-likeness (QED) is 0.863. The summed E-state index contributed by atoms with van der Waals surface area (Å²) < 4.78 is 5.38. The second-order valence-electron chi connectivity index (χ2n) is 7.82. The molecule has 1 atom stereocenters. The first-order valence-electron chi connectivity index (χ1n) is 9.46. The van der Waals surface area contributed by atoms with E-state index in [-0.39, 0.29) is 6.10 Å². The van der Waals surface area contributed by atoms with Gasteiger partial charge in [0.2, 0.25) is 0 Å². The second-order valence-corrected chi connectivity index (χ2v) is 7.82. The normalized spacial score (nSPS) is 29.3. The molecule has 2 aliphatic heterocycles. The highest BCUT2D eigenvalue weighted by Crippen LogP contribution is 2.42. The Kier molecular flexibility index (Phi) is 6.14. The molecule has 0 bridgehead atoms. The summed E-state index contributed by atoms with van der Waals surface area (Å²) in [7, 11) is 0. The standard InChI is InChI=1S/C18H34N2O2/c21-17(14-19-10-12-22-13-11-19)15-20-9-5-8-18(16-20)6-3-1-2-4-7-18/h17,21H,1-16H2. The Balaban J connectivity index is 1.46. The van der Waals surface area contributed by atoms with Crippen molar-refractivity contribution in [1.82, 2.24) is 9.80 Å². The largest absolute Gasteiger partial charge is 0.390 e. The molecule has 0 aromatic heterocycles. The van der Waals surface area contributed by atoms with Crippen LogP contribution < -0.4 is 0 Å². The summed E-state index contributed by atoms with van der Waals surface area (Å²) >= 11 is 0. The van der Waals surface area contributed by atoms with Crippen LogP contribution in [0.15, 0.2) is 0 Å². The summed E-state index contributed by atoms with van der Waals surface area (Å²) in [5.74, 6) is 0. The third-order valence-electron chi connectivity index (χ3n) is 5.95. The van der Waals surface area contributed by atoms with Crippen LogP contribution in [0.4, 0.5) is 0 Å². The van der Waals surface area contributed by atoms with Gasteiger partial charge in [0.25, 0.3) is 0 Å². The highest BCUT2D eigenvalue weighted by atomic mass is 16.5. The number of ether oxygens (including phenoxy) is 1. The van der Waals surface area contributed by atoms with Crippen LogP contribution in [0.3, 0.4) is 0 Å². The fraction of sp³-hybridized carbons (Fsp3) is 1.00. The van der Waals surface area contributed by atoms with Gasteiger partial charge in [-0.25, -0.2) is 0 Å². The molecule has 1 spiro atoms. The van der Waals surface area contributed by atoms with Crippen molar-refractivity contribution >= 4 is 0 Å². The van der Waals surface area contributed by atoms with Gasteiger partial charge in [0.1, 0.15) is 0 Å². The number of rotatable bonds is 4. The molecule has 1 N–H and O–H groups in total. The minimum Gasteiger partial charge on any atom is -0.390 e. The molecule has 1 saturated carbocycles. The summed E-state index contributed by atoms with van der Waals surface area (Å²) in [4.78, 5) is 4.90. The van der Waals surface area contributed by atoms with Gasteiger partial charge >= 0.3 is 0 Å². The van der Waals surface area contributed by atoms with Gasteiger partial charge in [0.05, 0.1) is 19.3 Å². The smallest absolute Gasteiger partial charge is 0.0793 e. The lowest BCUT2D eigenvalue weighted by Crippen LogP contribution is -2.49. The molecule has 1 aliphatic carbocycles. The van der Waals surface area contributed by atoms with Crippen molar-refractivity contribution in [3.8, 4) is 0 Å². The number of hydrogen-bond acceptors (Lipinski definition) is 4. The van der Waals surface area contributed by atoms with Crippen LogP contribution in [0.1, 0.15) is 51.4 Å². The van der Waals surface area contributed by atoms with Crippen molar-refractivity contribution in [3.63, 3.8) is 0 Å². The molecule has 0 amide bonds. The van der Waals surface area contributed by atoms with Gasteiger partial charge in [-0.05, 0) is 37.6 Å². The van der Waals surface area contributed by atoms with Gasteiger partial charge in [-0.3, -0.25) is 4.90 Å². The van der Waals surface area contributed by atoms with Crippen molar-refractivity contribution in [2.24, 2.45) is 5.41 Å². The molecule has 22 heavy (non-hydrogen) atoms. The Morgan fingerprint density at radius 1 is 0.818 bits per heavy atom. The predicted octanol–water partition coefficient (Wildman–Crippen LogP) is 2.12. The van der Waals surface area contributed by atoms with Gasteiger partial charge in [0, 0.05) is 32.7 Å². The fourth-order valence-corrected chi connectivity index (χ4v) is 4.79. The first kappa shape index (κ1) is 16.7. The molecule has 4 nitrogen and oxygen atoms in total. The maximum absolute atomic E-state index is 10.5. The first-order valence-corrected chi connectivity index (χ1v) is 9.46. The van der Waals surface area contributed by atoms with Crippen molar-refractivity contribution in [1.29, 1.82) is 0 Å². The van der Waals surface area contributed by atoms with Crippen molar-refractivity contribution in [3.05, 3.63) is 0 Å². The Morgan fingerprint density at radius 3 is 2.18 bits per heavy atom. The van der Waals surface area contributed by atoms with E-state index >= 15 is 0 Å². The van der Waals surface area contributed by atoms with Gasteiger partial charge in [-0.15, -0.1) is 0 Å². The Morgan fingerprint density at radius 2 is 1.45 bits per heavy atom. The maximum Gasteiger partial charge on any atom is 0.0793 e. The molecule has 4 heteroatoms. The summed E-state index contributed by atoms with van der Waals surface area (Å²) in [6, 6.07) is 0. The molecule has 3 fully saturated rings. The number of piperidine rings is 1. The van der Waals surface area contributed by atoms with E-state index in [9.17, 15) is 5.11 Å². The van der Waals surface area contributed by atoms with Crippen LogP contribution in [0, 0.1) is 5.41 Å². The van der Waals surface area contributed by atoms with Gasteiger partial charge < -0.3 is 14.7 Å². The van der Waals surface area contributed by atoms with Crippen LogP contribution >= 0.6 is 0 Å². The minimum absolute atomic E-state index is 0.209. The highest BCUT2D eigenvalue weighted by Gasteiger charge is 2.36. The second kappa shape index (κ2) is 8.09. The minimum atomic E-state index is -0.209. The number of hydrogen-bond donors (Lipinski definition) is 1. The number of morpholine rings is 1. The molecule has 0 aromatic rings. The van der Waals surface area contributed by atoms with Crippen molar-refractivity contribution in [2.75, 3.05) is 52.5 Å². The maximum atomic E-state index is 10.5. The lowest BCUT2D eigenvalue weighted by molar-refractivity contribution is -0.00536. The third-order valence-corrected chi connectivity index (χ3v) is 5.95. The molecule has 1 unspecified atom stereocenters. The summed E-state index contributed by atoms with van der Waals surface area (Å²) in [5, 5.41) is 10.5. The Labute approximate surface area is 135 Å². The fourth-order valence-electron chi connectivity index (χ4n) is 4.79. The van der Waals surface area contributed by atoms with E-state index < -0.39 is 0 Å². The van der Waals surface area contributed by atoms with Crippen molar-refractivity contribution in [2.45, 2.75) is 57.5 Å². The predicted molar refractivity (Wildman–Crippen MR) is 89.1 cm³/mol. The van der Waals surface area contributed by atoms with E-state index in [0.29, 0.717) is 5.41 Å². The molecule has 2 heterocycles. The summed E-state index contributed by atoms with van der Waals surface area (Å²) in [5.41, 5.74) is 0.577. The van der Waals surface area contributed by atoms with Crippen molar-refractivity contribution < 1.29 is 9.84 Å². The zero-order chi connectivity index (χ0) is 15.3. The Bertz CT molecular complexity index is 323. The lowest BCUT2D eigenvalue weighted by atomic mass is 9.74. The number of β-amino-alcohol motifs (C(OH)–C–C–N with tert-alkyl or cyclic N) is 1. The van der Waals surface area contributed by atoms with Crippen LogP contribution in [-0.2, 0) is 4.74 Å². The van der Waals surface area contributed by atoms with Crippen LogP contribution in [0.25, 0.3) is 0 Å². The number of aliphatic hydroxyl groups is 1. The van der Waals surface area contributed by atoms with Gasteiger partial charge in [-0.1, -0.05) is 25.7 Å². The molecule has 3 rings (SSSR count).